The van der Waals surface area contributed by atoms with E-state index in [2.05, 4.69) is 45.1 Å². The van der Waals surface area contributed by atoms with Crippen LogP contribution in [-0.2, 0) is 28.6 Å². The molecule has 55 heavy (non-hydrogen) atoms. The van der Waals surface area contributed by atoms with E-state index in [1.54, 1.807) is 0 Å². The van der Waals surface area contributed by atoms with E-state index < -0.39 is 6.10 Å². The standard InChI is InChI=1S/C49H90O6/c1-4-7-10-13-16-19-21-22-23-24-25-26-27-28-31-33-36-39-42-48(51)54-45-46(44-53-47(50)41-38-35-32-29-18-15-12-9-6-3)55-49(52)43-40-37-34-30-20-17-14-11-8-5-2/h25-26,29,32,46H,4-24,27-28,30-31,33-45H2,1-3H3/b26-25-,32-29-. The molecule has 0 aromatic heterocycles. The first-order valence-corrected chi connectivity index (χ1v) is 23.8. The highest BCUT2D eigenvalue weighted by atomic mass is 16.6. The highest BCUT2D eigenvalue weighted by Gasteiger charge is 2.19. The Hall–Kier alpha value is -2.11. The summed E-state index contributed by atoms with van der Waals surface area (Å²) in [6.07, 6.45) is 48.9. The zero-order valence-electron chi connectivity index (χ0n) is 36.7. The van der Waals surface area contributed by atoms with Crippen LogP contribution in [0.2, 0.25) is 0 Å². The molecule has 0 aromatic rings. The van der Waals surface area contributed by atoms with Crippen molar-refractivity contribution in [2.24, 2.45) is 0 Å². The molecule has 0 radical (unpaired) electrons. The van der Waals surface area contributed by atoms with Gasteiger partial charge >= 0.3 is 17.9 Å². The Kier molecular flexibility index (Phi) is 42.9. The summed E-state index contributed by atoms with van der Waals surface area (Å²) >= 11 is 0. The predicted octanol–water partition coefficient (Wildman–Crippen LogP) is 15.2. The lowest BCUT2D eigenvalue weighted by atomic mass is 10.1. The summed E-state index contributed by atoms with van der Waals surface area (Å²) in [5, 5.41) is 0. The highest BCUT2D eigenvalue weighted by molar-refractivity contribution is 5.71. The number of carbonyl (C=O) groups is 3. The van der Waals surface area contributed by atoms with Crippen molar-refractivity contribution in [2.75, 3.05) is 13.2 Å². The van der Waals surface area contributed by atoms with Crippen molar-refractivity contribution in [2.45, 2.75) is 258 Å². The van der Waals surface area contributed by atoms with Crippen LogP contribution < -0.4 is 0 Å². The zero-order valence-corrected chi connectivity index (χ0v) is 36.7. The summed E-state index contributed by atoms with van der Waals surface area (Å²) in [5.41, 5.74) is 0. The van der Waals surface area contributed by atoms with Gasteiger partial charge in [-0.25, -0.2) is 0 Å². The monoisotopic (exact) mass is 775 g/mol. The molecule has 0 heterocycles. The Bertz CT molecular complexity index is 896. The predicted molar refractivity (Wildman–Crippen MR) is 233 cm³/mol. The molecule has 0 fully saturated rings. The zero-order chi connectivity index (χ0) is 40.1. The third-order valence-electron chi connectivity index (χ3n) is 10.4. The first-order valence-electron chi connectivity index (χ1n) is 23.8. The number of rotatable bonds is 43. The molecule has 0 amide bonds. The average molecular weight is 775 g/mol. The summed E-state index contributed by atoms with van der Waals surface area (Å²) < 4.78 is 16.7. The first-order chi connectivity index (χ1) is 27.0. The van der Waals surface area contributed by atoms with Crippen LogP contribution >= 0.6 is 0 Å². The average Bonchev–Trinajstić information content (AvgIpc) is 3.18. The lowest BCUT2D eigenvalue weighted by Gasteiger charge is -2.18. The molecule has 0 saturated carbocycles. The van der Waals surface area contributed by atoms with Crippen LogP contribution in [0, 0.1) is 0 Å². The van der Waals surface area contributed by atoms with E-state index in [4.69, 9.17) is 14.2 Å². The first kappa shape index (κ1) is 52.9. The van der Waals surface area contributed by atoms with Gasteiger partial charge in [0, 0.05) is 19.3 Å². The molecule has 0 aromatic carbocycles. The molecular formula is C49H90O6. The van der Waals surface area contributed by atoms with Gasteiger partial charge in [-0.15, -0.1) is 0 Å². The van der Waals surface area contributed by atoms with E-state index in [9.17, 15) is 14.4 Å². The van der Waals surface area contributed by atoms with Crippen LogP contribution in [0.3, 0.4) is 0 Å². The minimum Gasteiger partial charge on any atom is -0.462 e. The summed E-state index contributed by atoms with van der Waals surface area (Å²) in [5.74, 6) is -0.922. The van der Waals surface area contributed by atoms with Gasteiger partial charge in [0.15, 0.2) is 6.10 Å². The number of allylic oxidation sites excluding steroid dienone is 4. The molecule has 1 atom stereocenters. The van der Waals surface area contributed by atoms with Crippen molar-refractivity contribution in [1.82, 2.24) is 0 Å². The summed E-state index contributed by atoms with van der Waals surface area (Å²) in [6, 6.07) is 0. The fraction of sp³-hybridized carbons (Fsp3) is 0.857. The Morgan fingerprint density at radius 1 is 0.345 bits per heavy atom. The van der Waals surface area contributed by atoms with Crippen LogP contribution in [0.25, 0.3) is 0 Å². The number of carbonyl (C=O) groups excluding carboxylic acids is 3. The van der Waals surface area contributed by atoms with Gasteiger partial charge in [0.25, 0.3) is 0 Å². The van der Waals surface area contributed by atoms with Gasteiger partial charge in [0.1, 0.15) is 13.2 Å². The summed E-state index contributed by atoms with van der Waals surface area (Å²) in [7, 11) is 0. The van der Waals surface area contributed by atoms with Gasteiger partial charge in [-0.2, -0.15) is 0 Å². The third-order valence-corrected chi connectivity index (χ3v) is 10.4. The molecule has 0 aliphatic carbocycles. The van der Waals surface area contributed by atoms with Gasteiger partial charge in [0.05, 0.1) is 0 Å². The SMILES string of the molecule is CCCCCC/C=C\CCCC(=O)OCC(COC(=O)CCCCCCC/C=C\CCCCCCCCCCC)OC(=O)CCCCCCCCCCCC. The van der Waals surface area contributed by atoms with Crippen LogP contribution in [0.15, 0.2) is 24.3 Å². The van der Waals surface area contributed by atoms with E-state index in [1.165, 1.54) is 148 Å². The second-order valence-corrected chi connectivity index (χ2v) is 16.0. The fourth-order valence-corrected chi connectivity index (χ4v) is 6.79. The molecule has 0 aliphatic rings. The molecule has 0 N–H and O–H groups in total. The Morgan fingerprint density at radius 3 is 1.00 bits per heavy atom. The molecule has 0 rings (SSSR count). The summed E-state index contributed by atoms with van der Waals surface area (Å²) in [6.45, 7) is 6.57. The molecule has 6 heteroatoms. The van der Waals surface area contributed by atoms with Crippen LogP contribution in [0.5, 0.6) is 0 Å². The number of ether oxygens (including phenoxy) is 3. The normalized spacial score (nSPS) is 12.1. The minimum atomic E-state index is -0.778. The van der Waals surface area contributed by atoms with Crippen molar-refractivity contribution in [3.8, 4) is 0 Å². The van der Waals surface area contributed by atoms with Gasteiger partial charge < -0.3 is 14.2 Å². The van der Waals surface area contributed by atoms with E-state index in [1.807, 2.05) is 0 Å². The topological polar surface area (TPSA) is 78.9 Å². The quantitative estimate of drug-likeness (QED) is 0.0266. The molecule has 0 bridgehead atoms. The molecule has 0 spiro atoms. The summed E-state index contributed by atoms with van der Waals surface area (Å²) in [4.78, 5) is 37.6. The number of hydrogen-bond acceptors (Lipinski definition) is 6. The fourth-order valence-electron chi connectivity index (χ4n) is 6.79. The van der Waals surface area contributed by atoms with Gasteiger partial charge in [-0.05, 0) is 64.2 Å². The lowest BCUT2D eigenvalue weighted by molar-refractivity contribution is -0.167. The van der Waals surface area contributed by atoms with Crippen molar-refractivity contribution in [3.63, 3.8) is 0 Å². The van der Waals surface area contributed by atoms with Crippen molar-refractivity contribution in [3.05, 3.63) is 24.3 Å². The maximum Gasteiger partial charge on any atom is 0.306 e. The van der Waals surface area contributed by atoms with Crippen molar-refractivity contribution in [1.29, 1.82) is 0 Å². The minimum absolute atomic E-state index is 0.0813. The second kappa shape index (κ2) is 44.6. The Morgan fingerprint density at radius 2 is 0.618 bits per heavy atom. The number of esters is 3. The van der Waals surface area contributed by atoms with E-state index in [0.29, 0.717) is 19.3 Å². The third kappa shape index (κ3) is 42.9. The van der Waals surface area contributed by atoms with Crippen LogP contribution in [0.1, 0.15) is 252 Å². The Balaban J connectivity index is 4.28. The molecule has 1 unspecified atom stereocenters. The van der Waals surface area contributed by atoms with Gasteiger partial charge in [-0.1, -0.05) is 193 Å². The van der Waals surface area contributed by atoms with E-state index in [-0.39, 0.29) is 31.1 Å². The van der Waals surface area contributed by atoms with Crippen LogP contribution in [0.4, 0.5) is 0 Å². The van der Waals surface area contributed by atoms with Gasteiger partial charge in [-0.3, -0.25) is 14.4 Å². The largest absolute Gasteiger partial charge is 0.462 e. The molecule has 0 aliphatic heterocycles. The van der Waals surface area contributed by atoms with E-state index in [0.717, 1.165) is 64.2 Å². The maximum atomic E-state index is 12.7. The number of hydrogen-bond donors (Lipinski definition) is 0. The molecule has 0 saturated heterocycles. The maximum absolute atomic E-state index is 12.7. The molecule has 6 nitrogen and oxygen atoms in total. The lowest BCUT2D eigenvalue weighted by Crippen LogP contribution is -2.30. The van der Waals surface area contributed by atoms with Crippen molar-refractivity contribution >= 4 is 17.9 Å². The Labute approximate surface area is 341 Å². The van der Waals surface area contributed by atoms with Crippen LogP contribution in [-0.4, -0.2) is 37.2 Å². The van der Waals surface area contributed by atoms with Crippen molar-refractivity contribution < 1.29 is 28.6 Å². The van der Waals surface area contributed by atoms with E-state index >= 15 is 0 Å². The second-order valence-electron chi connectivity index (χ2n) is 16.0. The smallest absolute Gasteiger partial charge is 0.306 e. The number of unbranched alkanes of at least 4 members (excludes halogenated alkanes) is 28. The highest BCUT2D eigenvalue weighted by Crippen LogP contribution is 2.14. The molecule has 322 valence electrons. The van der Waals surface area contributed by atoms with Gasteiger partial charge in [0.2, 0.25) is 0 Å². The molecular weight excluding hydrogens is 685 g/mol.